The minimum atomic E-state index is -4.35. The summed E-state index contributed by atoms with van der Waals surface area (Å²) in [5.74, 6) is 0.519. The molecule has 0 amide bonds. The lowest BCUT2D eigenvalue weighted by Gasteiger charge is -2.22. The molecule has 1 aromatic carbocycles. The van der Waals surface area contributed by atoms with Crippen molar-refractivity contribution in [1.29, 1.82) is 0 Å². The molecule has 0 aliphatic heterocycles. The van der Waals surface area contributed by atoms with Crippen molar-refractivity contribution in [2.75, 3.05) is 20.3 Å². The summed E-state index contributed by atoms with van der Waals surface area (Å²) in [4.78, 5) is 0. The number of ether oxygens (including phenoxy) is 2. The van der Waals surface area contributed by atoms with Gasteiger partial charge in [0.05, 0.1) is 13.2 Å². The number of halogens is 3. The van der Waals surface area contributed by atoms with Gasteiger partial charge in [0, 0.05) is 18.2 Å². The molecule has 0 saturated carbocycles. The first-order chi connectivity index (χ1) is 9.33. The van der Waals surface area contributed by atoms with Crippen molar-refractivity contribution >= 4 is 0 Å². The van der Waals surface area contributed by atoms with Crippen LogP contribution in [0.4, 0.5) is 13.2 Å². The van der Waals surface area contributed by atoms with Crippen LogP contribution in [0.3, 0.4) is 0 Å². The maximum atomic E-state index is 12.3. The molecule has 1 rings (SSSR count). The van der Waals surface area contributed by atoms with Gasteiger partial charge >= 0.3 is 6.18 Å². The molecule has 6 heteroatoms. The second-order valence-corrected chi connectivity index (χ2v) is 4.72. The Morgan fingerprint density at radius 1 is 1.20 bits per heavy atom. The summed E-state index contributed by atoms with van der Waals surface area (Å²) in [5, 5.41) is 3.08. The monoisotopic (exact) mass is 291 g/mol. The van der Waals surface area contributed by atoms with Crippen LogP contribution < -0.4 is 10.1 Å². The van der Waals surface area contributed by atoms with Gasteiger partial charge in [-0.05, 0) is 6.07 Å². The van der Waals surface area contributed by atoms with E-state index in [1.54, 1.807) is 24.3 Å². The normalized spacial score (nSPS) is 13.6. The van der Waals surface area contributed by atoms with Gasteiger partial charge in [-0.3, -0.25) is 0 Å². The third-order valence-electron chi connectivity index (χ3n) is 2.65. The van der Waals surface area contributed by atoms with Gasteiger partial charge in [0.25, 0.3) is 0 Å². The molecule has 114 valence electrons. The smallest absolute Gasteiger partial charge is 0.411 e. The number of para-hydroxylation sites is 1. The van der Waals surface area contributed by atoms with Gasteiger partial charge in [0.2, 0.25) is 0 Å². The third kappa shape index (κ3) is 5.79. The Hall–Kier alpha value is -1.27. The minimum absolute atomic E-state index is 0.154. The number of hydrogen-bond donors (Lipinski definition) is 1. The standard InChI is InChI=1S/C14H20F3NO2/c1-10(2)18-8-13(20-9-14(15,16)17)11-6-4-5-7-12(11)19-3/h4-7,10,13,18H,8-9H2,1-3H3. The predicted molar refractivity (Wildman–Crippen MR) is 70.9 cm³/mol. The summed E-state index contributed by atoms with van der Waals surface area (Å²) in [7, 11) is 1.48. The molecule has 1 atom stereocenters. The van der Waals surface area contributed by atoms with Crippen LogP contribution in [0.25, 0.3) is 0 Å². The first-order valence-corrected chi connectivity index (χ1v) is 6.38. The largest absolute Gasteiger partial charge is 0.496 e. The topological polar surface area (TPSA) is 30.5 Å². The molecule has 3 nitrogen and oxygen atoms in total. The van der Waals surface area contributed by atoms with E-state index in [-0.39, 0.29) is 12.6 Å². The van der Waals surface area contributed by atoms with Crippen molar-refractivity contribution in [1.82, 2.24) is 5.32 Å². The summed E-state index contributed by atoms with van der Waals surface area (Å²) in [6, 6.07) is 7.08. The number of nitrogens with one attached hydrogen (secondary N) is 1. The summed E-state index contributed by atoms with van der Waals surface area (Å²) in [5.41, 5.74) is 0.604. The van der Waals surface area contributed by atoms with Crippen molar-refractivity contribution in [3.8, 4) is 5.75 Å². The molecule has 1 unspecified atom stereocenters. The van der Waals surface area contributed by atoms with Crippen LogP contribution in [0.5, 0.6) is 5.75 Å². The fourth-order valence-corrected chi connectivity index (χ4v) is 1.73. The molecule has 0 saturated heterocycles. The Balaban J connectivity index is 2.85. The van der Waals surface area contributed by atoms with E-state index in [4.69, 9.17) is 9.47 Å². The van der Waals surface area contributed by atoms with E-state index in [0.717, 1.165) is 0 Å². The van der Waals surface area contributed by atoms with E-state index in [1.807, 2.05) is 13.8 Å². The number of hydrogen-bond acceptors (Lipinski definition) is 3. The van der Waals surface area contributed by atoms with Gasteiger partial charge in [0.15, 0.2) is 0 Å². The molecule has 1 N–H and O–H groups in total. The van der Waals surface area contributed by atoms with Crippen LogP contribution in [-0.4, -0.2) is 32.5 Å². The molecule has 0 fully saturated rings. The molecule has 0 aliphatic carbocycles. The Kier molecular flexibility index (Phi) is 6.29. The van der Waals surface area contributed by atoms with Crippen LogP contribution in [0.2, 0.25) is 0 Å². The number of methoxy groups -OCH3 is 1. The lowest BCUT2D eigenvalue weighted by molar-refractivity contribution is -0.185. The van der Waals surface area contributed by atoms with E-state index in [1.165, 1.54) is 7.11 Å². The maximum absolute atomic E-state index is 12.3. The Labute approximate surface area is 117 Å². The third-order valence-corrected chi connectivity index (χ3v) is 2.65. The molecule has 1 aromatic rings. The van der Waals surface area contributed by atoms with Gasteiger partial charge < -0.3 is 14.8 Å². The zero-order valence-electron chi connectivity index (χ0n) is 11.8. The Morgan fingerprint density at radius 2 is 1.85 bits per heavy atom. The summed E-state index contributed by atoms with van der Waals surface area (Å²) >= 11 is 0. The Morgan fingerprint density at radius 3 is 2.40 bits per heavy atom. The Bertz CT molecular complexity index is 408. The highest BCUT2D eigenvalue weighted by Crippen LogP contribution is 2.29. The highest BCUT2D eigenvalue weighted by Gasteiger charge is 2.30. The zero-order chi connectivity index (χ0) is 15.2. The first-order valence-electron chi connectivity index (χ1n) is 6.38. The van der Waals surface area contributed by atoms with Crippen LogP contribution in [0.1, 0.15) is 25.5 Å². The molecular weight excluding hydrogens is 271 g/mol. The van der Waals surface area contributed by atoms with E-state index in [0.29, 0.717) is 11.3 Å². The van der Waals surface area contributed by atoms with E-state index < -0.39 is 18.9 Å². The molecule has 0 radical (unpaired) electrons. The van der Waals surface area contributed by atoms with Crippen molar-refractivity contribution in [2.24, 2.45) is 0 Å². The van der Waals surface area contributed by atoms with Gasteiger partial charge in [0.1, 0.15) is 12.4 Å². The van der Waals surface area contributed by atoms with Gasteiger partial charge in [-0.25, -0.2) is 0 Å². The van der Waals surface area contributed by atoms with Gasteiger partial charge in [-0.1, -0.05) is 32.0 Å². The molecule has 0 aliphatic rings. The van der Waals surface area contributed by atoms with Crippen LogP contribution >= 0.6 is 0 Å². The molecule has 0 aromatic heterocycles. The highest BCUT2D eigenvalue weighted by molar-refractivity contribution is 5.35. The molecule has 0 spiro atoms. The minimum Gasteiger partial charge on any atom is -0.496 e. The van der Waals surface area contributed by atoms with E-state index in [2.05, 4.69) is 5.32 Å². The summed E-state index contributed by atoms with van der Waals surface area (Å²) in [6.45, 7) is 2.84. The summed E-state index contributed by atoms with van der Waals surface area (Å²) in [6.07, 6.45) is -5.06. The van der Waals surface area contributed by atoms with E-state index in [9.17, 15) is 13.2 Å². The fourth-order valence-electron chi connectivity index (χ4n) is 1.73. The van der Waals surface area contributed by atoms with Gasteiger partial charge in [-0.2, -0.15) is 13.2 Å². The van der Waals surface area contributed by atoms with Crippen LogP contribution in [0.15, 0.2) is 24.3 Å². The lowest BCUT2D eigenvalue weighted by Crippen LogP contribution is -2.31. The molecule has 20 heavy (non-hydrogen) atoms. The number of benzene rings is 1. The molecular formula is C14H20F3NO2. The average Bonchev–Trinajstić information content (AvgIpc) is 2.37. The average molecular weight is 291 g/mol. The number of rotatable bonds is 7. The predicted octanol–water partition coefficient (Wildman–Crippen LogP) is 3.31. The SMILES string of the molecule is COc1ccccc1C(CNC(C)C)OCC(F)(F)F. The van der Waals surface area contributed by atoms with Crippen molar-refractivity contribution in [2.45, 2.75) is 32.2 Å². The molecule has 0 heterocycles. The van der Waals surface area contributed by atoms with Gasteiger partial charge in [-0.15, -0.1) is 0 Å². The van der Waals surface area contributed by atoms with Crippen molar-refractivity contribution in [3.05, 3.63) is 29.8 Å². The molecule has 0 bridgehead atoms. The maximum Gasteiger partial charge on any atom is 0.411 e. The van der Waals surface area contributed by atoms with Crippen LogP contribution in [0, 0.1) is 0 Å². The number of alkyl halides is 3. The van der Waals surface area contributed by atoms with Crippen molar-refractivity contribution in [3.63, 3.8) is 0 Å². The van der Waals surface area contributed by atoms with Crippen LogP contribution in [-0.2, 0) is 4.74 Å². The van der Waals surface area contributed by atoms with E-state index >= 15 is 0 Å². The summed E-state index contributed by atoms with van der Waals surface area (Å²) < 4.78 is 47.2. The van der Waals surface area contributed by atoms with Crippen molar-refractivity contribution < 1.29 is 22.6 Å². The zero-order valence-corrected chi connectivity index (χ0v) is 11.8. The quantitative estimate of drug-likeness (QED) is 0.836. The highest BCUT2D eigenvalue weighted by atomic mass is 19.4. The first kappa shape index (κ1) is 16.8. The second-order valence-electron chi connectivity index (χ2n) is 4.72. The fraction of sp³-hybridized carbons (Fsp3) is 0.571. The second kappa shape index (κ2) is 7.50. The lowest BCUT2D eigenvalue weighted by atomic mass is 10.1.